The van der Waals surface area contributed by atoms with Crippen molar-refractivity contribution in [3.8, 4) is 5.75 Å². The molecular formula is C44H48N2O7. The first kappa shape index (κ1) is 36.6. The number of piperidine rings is 1. The van der Waals surface area contributed by atoms with Crippen molar-refractivity contribution in [3.63, 3.8) is 0 Å². The normalized spacial score (nSPS) is 22.0. The fourth-order valence-corrected chi connectivity index (χ4v) is 8.47. The lowest BCUT2D eigenvalue weighted by Gasteiger charge is -2.37. The Bertz CT molecular complexity index is 1900. The number of ether oxygens (including phenoxy) is 1. The molecule has 9 nitrogen and oxygen atoms in total. The van der Waals surface area contributed by atoms with Crippen molar-refractivity contribution in [1.82, 2.24) is 9.80 Å². The van der Waals surface area contributed by atoms with E-state index in [4.69, 9.17) is 9.15 Å². The third-order valence-electron chi connectivity index (χ3n) is 11.1. The van der Waals surface area contributed by atoms with Crippen molar-refractivity contribution < 1.29 is 34.1 Å². The van der Waals surface area contributed by atoms with E-state index in [0.717, 1.165) is 36.3 Å². The average Bonchev–Trinajstić information content (AvgIpc) is 3.76. The monoisotopic (exact) mass is 716 g/mol. The topological polar surface area (TPSA) is 124 Å². The van der Waals surface area contributed by atoms with Crippen LogP contribution in [0.5, 0.6) is 5.75 Å². The third kappa shape index (κ3) is 8.24. The lowest BCUT2D eigenvalue weighted by Crippen LogP contribution is -2.47. The van der Waals surface area contributed by atoms with Gasteiger partial charge < -0.3 is 24.5 Å². The number of carbonyl (C=O) groups is 2. The number of likely N-dealkylation sites (tertiary alicyclic amines) is 2. The highest BCUT2D eigenvalue weighted by Crippen LogP contribution is 2.47. The molecule has 1 aliphatic carbocycles. The van der Waals surface area contributed by atoms with Gasteiger partial charge in [-0.15, -0.1) is 0 Å². The van der Waals surface area contributed by atoms with Crippen molar-refractivity contribution in [2.24, 2.45) is 17.8 Å². The van der Waals surface area contributed by atoms with Crippen LogP contribution in [0.2, 0.25) is 0 Å². The first-order chi connectivity index (χ1) is 25.9. The molecule has 0 bridgehead atoms. The van der Waals surface area contributed by atoms with E-state index in [2.05, 4.69) is 17.0 Å². The number of aliphatic hydroxyl groups is 3. The molecule has 2 fully saturated rings. The Morgan fingerprint density at radius 3 is 2.21 bits per heavy atom. The van der Waals surface area contributed by atoms with Crippen LogP contribution in [0.15, 0.2) is 119 Å². The Morgan fingerprint density at radius 1 is 0.868 bits per heavy atom. The van der Waals surface area contributed by atoms with Crippen molar-refractivity contribution in [2.45, 2.75) is 57.4 Å². The molecule has 3 aliphatic rings. The van der Waals surface area contributed by atoms with Crippen LogP contribution in [-0.2, 0) is 22.7 Å². The molecule has 0 radical (unpaired) electrons. The molecule has 3 heterocycles. The van der Waals surface area contributed by atoms with E-state index in [9.17, 15) is 24.9 Å². The van der Waals surface area contributed by atoms with Gasteiger partial charge >= 0.3 is 0 Å². The molecule has 3 N–H and O–H groups in total. The van der Waals surface area contributed by atoms with E-state index in [1.54, 1.807) is 12.1 Å². The van der Waals surface area contributed by atoms with E-state index in [-0.39, 0.29) is 44.1 Å². The Hall–Kier alpha value is -4.80. The summed E-state index contributed by atoms with van der Waals surface area (Å²) in [5, 5.41) is 32.6. The maximum Gasteiger partial charge on any atom is 0.234 e. The van der Waals surface area contributed by atoms with Crippen LogP contribution in [0.4, 0.5) is 0 Å². The standard InChI is InChI=1S/C44H48N2O7/c47-27-37-18-17-36(53-37)24-32(31-12-6-2-7-13-31)16-19-40(49)41-33(29-52-35-14-8-3-9-15-35)25-38-42(39(41)28-48)44(51)46(43(38)50)34-20-22-45(23-21-34)26-30-10-4-1-5-11-30/h1-15,17-18,24,34,38-40,42,47-49H,16,19-23,25-29H2/b32-24-/t38-,39+,40-,42-/m1/s1. The molecule has 7 rings (SSSR count). The molecule has 276 valence electrons. The van der Waals surface area contributed by atoms with Crippen LogP contribution in [0.25, 0.3) is 11.6 Å². The van der Waals surface area contributed by atoms with Gasteiger partial charge in [0.2, 0.25) is 11.8 Å². The second-order valence-electron chi connectivity index (χ2n) is 14.4. The van der Waals surface area contributed by atoms with Gasteiger partial charge in [-0.1, -0.05) is 78.9 Å². The molecule has 53 heavy (non-hydrogen) atoms. The molecule has 0 saturated carbocycles. The van der Waals surface area contributed by atoms with Gasteiger partial charge in [0, 0.05) is 31.6 Å². The Morgan fingerprint density at radius 2 is 1.55 bits per heavy atom. The number of hydrogen-bond donors (Lipinski definition) is 3. The highest BCUT2D eigenvalue weighted by Gasteiger charge is 2.56. The van der Waals surface area contributed by atoms with Crippen LogP contribution in [0, 0.1) is 17.8 Å². The third-order valence-corrected chi connectivity index (χ3v) is 11.1. The van der Waals surface area contributed by atoms with Crippen molar-refractivity contribution in [3.05, 3.63) is 137 Å². The van der Waals surface area contributed by atoms with Crippen molar-refractivity contribution in [2.75, 3.05) is 26.3 Å². The lowest BCUT2D eigenvalue weighted by molar-refractivity contribution is -0.144. The van der Waals surface area contributed by atoms with Gasteiger partial charge in [0.15, 0.2) is 0 Å². The number of nitrogens with zero attached hydrogens (tertiary/aromatic N) is 2. The molecule has 2 aliphatic heterocycles. The SMILES string of the molecule is O=C1[C@@H]2[C@@H](CC(COc3ccccc3)=C([C@H](O)CC/C(=C/c3ccc(CO)o3)c3ccccc3)[C@@H]2CO)C(=O)N1C1CCN(Cc2ccccc2)CC1. The number of hydrogen-bond acceptors (Lipinski definition) is 8. The highest BCUT2D eigenvalue weighted by molar-refractivity contribution is 6.06. The summed E-state index contributed by atoms with van der Waals surface area (Å²) in [5.41, 5.74) is 4.48. The summed E-state index contributed by atoms with van der Waals surface area (Å²) < 4.78 is 12.0. The predicted octanol–water partition coefficient (Wildman–Crippen LogP) is 6.11. The Balaban J connectivity index is 1.13. The van der Waals surface area contributed by atoms with E-state index < -0.39 is 23.9 Å². The summed E-state index contributed by atoms with van der Waals surface area (Å²) >= 11 is 0. The molecule has 9 heteroatoms. The molecule has 0 unspecified atom stereocenters. The van der Waals surface area contributed by atoms with Crippen molar-refractivity contribution in [1.29, 1.82) is 0 Å². The summed E-state index contributed by atoms with van der Waals surface area (Å²) in [5.74, 6) is -0.800. The summed E-state index contributed by atoms with van der Waals surface area (Å²) in [6.07, 6.45) is 3.36. The smallest absolute Gasteiger partial charge is 0.234 e. The summed E-state index contributed by atoms with van der Waals surface area (Å²) in [7, 11) is 0. The fourth-order valence-electron chi connectivity index (χ4n) is 8.47. The van der Waals surface area contributed by atoms with Crippen LogP contribution < -0.4 is 4.74 Å². The number of rotatable bonds is 14. The van der Waals surface area contributed by atoms with Gasteiger partial charge in [0.1, 0.15) is 30.5 Å². The van der Waals surface area contributed by atoms with Gasteiger partial charge in [-0.05, 0) is 90.3 Å². The Kier molecular flexibility index (Phi) is 11.7. The number of furan rings is 1. The first-order valence-corrected chi connectivity index (χ1v) is 18.7. The minimum absolute atomic E-state index is 0.132. The van der Waals surface area contributed by atoms with Gasteiger partial charge in [-0.25, -0.2) is 0 Å². The minimum Gasteiger partial charge on any atom is -0.489 e. The number of allylic oxidation sites excluding steroid dienone is 1. The molecule has 2 saturated heterocycles. The zero-order valence-electron chi connectivity index (χ0n) is 29.9. The number of amides is 2. The molecule has 0 spiro atoms. The molecule has 3 aromatic carbocycles. The van der Waals surface area contributed by atoms with Crippen LogP contribution in [0.1, 0.15) is 54.8 Å². The second kappa shape index (κ2) is 16.9. The summed E-state index contributed by atoms with van der Waals surface area (Å²) in [4.78, 5) is 32.4. The lowest BCUT2D eigenvalue weighted by atomic mass is 9.68. The van der Waals surface area contributed by atoms with E-state index in [1.807, 2.05) is 84.9 Å². The van der Waals surface area contributed by atoms with Gasteiger partial charge in [-0.2, -0.15) is 0 Å². The van der Waals surface area contributed by atoms with E-state index in [0.29, 0.717) is 48.5 Å². The van der Waals surface area contributed by atoms with Crippen molar-refractivity contribution >= 4 is 23.5 Å². The van der Waals surface area contributed by atoms with E-state index in [1.165, 1.54) is 10.5 Å². The zero-order chi connectivity index (χ0) is 36.7. The van der Waals surface area contributed by atoms with Crippen LogP contribution in [-0.4, -0.2) is 75.4 Å². The number of fused-ring (bicyclic) bond motifs is 1. The zero-order valence-corrected chi connectivity index (χ0v) is 29.9. The largest absolute Gasteiger partial charge is 0.489 e. The van der Waals surface area contributed by atoms with Crippen LogP contribution in [0.3, 0.4) is 0 Å². The highest BCUT2D eigenvalue weighted by atomic mass is 16.5. The maximum atomic E-state index is 14.3. The molecule has 4 atom stereocenters. The molecular weight excluding hydrogens is 668 g/mol. The Labute approximate surface area is 310 Å². The number of aliphatic hydroxyl groups excluding tert-OH is 3. The average molecular weight is 717 g/mol. The van der Waals surface area contributed by atoms with Gasteiger partial charge in [0.05, 0.1) is 24.5 Å². The first-order valence-electron chi connectivity index (χ1n) is 18.7. The van der Waals surface area contributed by atoms with Crippen LogP contribution >= 0.6 is 0 Å². The summed E-state index contributed by atoms with van der Waals surface area (Å²) in [6, 6.07) is 32.9. The quantitative estimate of drug-likeness (QED) is 0.106. The minimum atomic E-state index is -1.00. The summed E-state index contributed by atoms with van der Waals surface area (Å²) in [6.45, 7) is 1.95. The number of carbonyl (C=O) groups excluding carboxylic acids is 2. The number of benzene rings is 3. The van der Waals surface area contributed by atoms with E-state index >= 15 is 0 Å². The number of imide groups is 1. The van der Waals surface area contributed by atoms with Gasteiger partial charge in [-0.3, -0.25) is 19.4 Å². The predicted molar refractivity (Wildman–Crippen MR) is 202 cm³/mol. The fraction of sp³-hybridized carbons (Fsp3) is 0.364. The number of para-hydroxylation sites is 1. The molecule has 1 aromatic heterocycles. The second-order valence-corrected chi connectivity index (χ2v) is 14.4. The molecule has 2 amide bonds. The maximum absolute atomic E-state index is 14.3. The van der Waals surface area contributed by atoms with Gasteiger partial charge in [0.25, 0.3) is 0 Å². The molecule has 4 aromatic rings.